The highest BCUT2D eigenvalue weighted by Gasteiger charge is 2.44. The minimum atomic E-state index is -1.16. The van der Waals surface area contributed by atoms with Crippen molar-refractivity contribution in [2.24, 2.45) is 0 Å². The van der Waals surface area contributed by atoms with Gasteiger partial charge in [0.15, 0.2) is 17.7 Å². The van der Waals surface area contributed by atoms with E-state index in [1.807, 2.05) is 19.9 Å². The van der Waals surface area contributed by atoms with Crippen LogP contribution in [0.5, 0.6) is 0 Å². The van der Waals surface area contributed by atoms with E-state index in [1.54, 1.807) is 9.08 Å². The quantitative estimate of drug-likeness (QED) is 0.370. The molecule has 4 aromatic heterocycles. The van der Waals surface area contributed by atoms with Crippen LogP contribution in [0, 0.1) is 13.8 Å². The number of aliphatic hydroxyl groups excluding tert-OH is 2. The summed E-state index contributed by atoms with van der Waals surface area (Å²) in [6.45, 7) is 3.83. The number of rotatable bonds is 4. The fraction of sp³-hybridized carbons (Fsp3) is 0.412. The Morgan fingerprint density at radius 2 is 2.00 bits per heavy atom. The second-order valence-electron chi connectivity index (χ2n) is 7.09. The van der Waals surface area contributed by atoms with Crippen molar-refractivity contribution in [1.82, 2.24) is 39.1 Å². The Morgan fingerprint density at radius 1 is 1.17 bits per heavy atom. The monoisotopic (exact) mass is 429 g/mol. The molecule has 0 radical (unpaired) electrons. The van der Waals surface area contributed by atoms with Gasteiger partial charge in [0.25, 0.3) is 5.78 Å². The van der Waals surface area contributed by atoms with E-state index >= 15 is 0 Å². The summed E-state index contributed by atoms with van der Waals surface area (Å²) in [5, 5.41) is 26.0. The highest BCUT2D eigenvalue weighted by molar-refractivity contribution is 7.99. The van der Waals surface area contributed by atoms with Crippen LogP contribution in [-0.2, 0) is 4.74 Å². The molecule has 0 aliphatic carbocycles. The van der Waals surface area contributed by atoms with Gasteiger partial charge in [-0.1, -0.05) is 11.8 Å². The summed E-state index contributed by atoms with van der Waals surface area (Å²) < 4.78 is 9.15. The largest absolute Gasteiger partial charge is 0.387 e. The molecule has 12 nitrogen and oxygen atoms in total. The smallest absolute Gasteiger partial charge is 0.253 e. The maximum Gasteiger partial charge on any atom is 0.253 e. The lowest BCUT2D eigenvalue weighted by atomic mass is 10.1. The minimum absolute atomic E-state index is 0.232. The number of aryl methyl sites for hydroxylation is 2. The highest BCUT2D eigenvalue weighted by Crippen LogP contribution is 2.34. The number of fused-ring (bicyclic) bond motifs is 2. The van der Waals surface area contributed by atoms with E-state index in [4.69, 9.17) is 10.5 Å². The van der Waals surface area contributed by atoms with Gasteiger partial charge in [-0.2, -0.15) is 4.98 Å². The van der Waals surface area contributed by atoms with Crippen molar-refractivity contribution >= 4 is 34.5 Å². The first-order chi connectivity index (χ1) is 14.4. The van der Waals surface area contributed by atoms with Crippen LogP contribution in [-0.4, -0.2) is 73.4 Å². The number of hydrogen-bond donors (Lipinski definition) is 3. The number of nitrogens with two attached hydrogens (primary N) is 1. The zero-order valence-corrected chi connectivity index (χ0v) is 16.9. The highest BCUT2D eigenvalue weighted by atomic mass is 32.2. The standard InChI is InChI=1S/C17H19N9O3S/c1-7-3-8(2)26-16(22-7)23-17(24-26)30-4-9-11(27)12(28)15(29-9)25-6-21-10-13(18)19-5-20-14(10)25/h3,5-6,9,11-12,15,27-28H,4H2,1-2H3,(H2,18,19,20)/t9-,11-,12-,15-/m1/s1. The van der Waals surface area contributed by atoms with E-state index in [2.05, 4.69) is 30.0 Å². The van der Waals surface area contributed by atoms with Crippen molar-refractivity contribution < 1.29 is 14.9 Å². The number of thioether (sulfide) groups is 1. The van der Waals surface area contributed by atoms with Gasteiger partial charge in [-0.05, 0) is 19.9 Å². The third kappa shape index (κ3) is 3.06. The summed E-state index contributed by atoms with van der Waals surface area (Å²) >= 11 is 1.32. The number of hydrogen-bond acceptors (Lipinski definition) is 11. The van der Waals surface area contributed by atoms with Crippen LogP contribution in [0.25, 0.3) is 16.9 Å². The minimum Gasteiger partial charge on any atom is -0.387 e. The van der Waals surface area contributed by atoms with Crippen molar-refractivity contribution in [2.45, 2.75) is 43.5 Å². The first kappa shape index (κ1) is 19.1. The molecule has 5 heterocycles. The van der Waals surface area contributed by atoms with E-state index in [-0.39, 0.29) is 5.82 Å². The van der Waals surface area contributed by atoms with Gasteiger partial charge < -0.3 is 20.7 Å². The molecule has 4 N–H and O–H groups in total. The number of aliphatic hydroxyl groups is 2. The Bertz CT molecular complexity index is 1240. The second-order valence-corrected chi connectivity index (χ2v) is 8.07. The molecule has 4 aromatic rings. The van der Waals surface area contributed by atoms with Gasteiger partial charge in [0.2, 0.25) is 5.16 Å². The lowest BCUT2D eigenvalue weighted by Crippen LogP contribution is -2.32. The number of anilines is 1. The molecule has 0 spiro atoms. The third-order valence-corrected chi connectivity index (χ3v) is 5.90. The average molecular weight is 429 g/mol. The summed E-state index contributed by atoms with van der Waals surface area (Å²) in [5.41, 5.74) is 8.44. The molecule has 0 aromatic carbocycles. The van der Waals surface area contributed by atoms with Crippen molar-refractivity contribution in [3.05, 3.63) is 30.1 Å². The molecule has 1 saturated heterocycles. The van der Waals surface area contributed by atoms with E-state index in [9.17, 15) is 10.2 Å². The molecule has 0 unspecified atom stereocenters. The fourth-order valence-corrected chi connectivity index (χ4v) is 4.39. The summed E-state index contributed by atoms with van der Waals surface area (Å²) in [4.78, 5) is 21.0. The van der Waals surface area contributed by atoms with Crippen LogP contribution in [0.1, 0.15) is 17.6 Å². The predicted molar refractivity (Wildman–Crippen MR) is 107 cm³/mol. The van der Waals surface area contributed by atoms with Gasteiger partial charge in [-0.25, -0.2) is 24.5 Å². The molecule has 1 aliphatic rings. The lowest BCUT2D eigenvalue weighted by Gasteiger charge is -2.16. The van der Waals surface area contributed by atoms with Gasteiger partial charge in [-0.3, -0.25) is 4.57 Å². The molecule has 156 valence electrons. The Morgan fingerprint density at radius 3 is 2.83 bits per heavy atom. The second kappa shape index (κ2) is 7.12. The molecule has 0 bridgehead atoms. The number of imidazole rings is 1. The van der Waals surface area contributed by atoms with Gasteiger partial charge >= 0.3 is 0 Å². The first-order valence-corrected chi connectivity index (χ1v) is 10.2. The Hall–Kier alpha value is -2.87. The lowest BCUT2D eigenvalue weighted by molar-refractivity contribution is -0.0289. The van der Waals surface area contributed by atoms with Gasteiger partial charge in [0.05, 0.1) is 12.4 Å². The SMILES string of the molecule is Cc1cc(C)n2nc(SC[C@H]3O[C@@H](n4cnc5c(N)ncnc54)[C@H](O)[C@@H]3O)nc2n1. The Balaban J connectivity index is 1.35. The van der Waals surface area contributed by atoms with Crippen LogP contribution < -0.4 is 5.73 Å². The van der Waals surface area contributed by atoms with Crippen molar-refractivity contribution in [3.63, 3.8) is 0 Å². The molecule has 30 heavy (non-hydrogen) atoms. The Kier molecular flexibility index (Phi) is 4.54. The number of nitrogens with zero attached hydrogens (tertiary/aromatic N) is 8. The third-order valence-electron chi connectivity index (χ3n) is 4.97. The molecule has 5 rings (SSSR count). The van der Waals surface area contributed by atoms with Gasteiger partial charge in [0.1, 0.15) is 24.1 Å². The van der Waals surface area contributed by atoms with E-state index in [0.717, 1.165) is 11.4 Å². The molecule has 1 fully saturated rings. The van der Waals surface area contributed by atoms with Crippen molar-refractivity contribution in [2.75, 3.05) is 11.5 Å². The molecule has 13 heteroatoms. The van der Waals surface area contributed by atoms with Gasteiger partial charge in [-0.15, -0.1) is 5.10 Å². The van der Waals surface area contributed by atoms with Gasteiger partial charge in [0, 0.05) is 17.1 Å². The van der Waals surface area contributed by atoms with Crippen LogP contribution in [0.3, 0.4) is 0 Å². The first-order valence-electron chi connectivity index (χ1n) is 9.21. The zero-order chi connectivity index (χ0) is 21.0. The molecule has 1 aliphatic heterocycles. The summed E-state index contributed by atoms with van der Waals surface area (Å²) in [5.74, 6) is 1.09. The van der Waals surface area contributed by atoms with E-state index < -0.39 is 24.5 Å². The normalized spacial score (nSPS) is 24.3. The fourth-order valence-electron chi connectivity index (χ4n) is 3.52. The molecule has 4 atom stereocenters. The summed E-state index contributed by atoms with van der Waals surface area (Å²) in [7, 11) is 0. The number of nitrogen functional groups attached to an aromatic ring is 1. The van der Waals surface area contributed by atoms with Crippen molar-refractivity contribution in [3.8, 4) is 0 Å². The molecule has 0 amide bonds. The van der Waals surface area contributed by atoms with Crippen LogP contribution >= 0.6 is 11.8 Å². The van der Waals surface area contributed by atoms with Crippen LogP contribution in [0.2, 0.25) is 0 Å². The average Bonchev–Trinajstić information content (AvgIpc) is 3.38. The van der Waals surface area contributed by atoms with Crippen LogP contribution in [0.4, 0.5) is 5.82 Å². The Labute approximate surface area is 174 Å². The van der Waals surface area contributed by atoms with Crippen LogP contribution in [0.15, 0.2) is 23.9 Å². The summed E-state index contributed by atoms with van der Waals surface area (Å²) in [6.07, 6.45) is -0.984. The number of aromatic nitrogens is 8. The molecule has 0 saturated carbocycles. The molecular formula is C17H19N9O3S. The van der Waals surface area contributed by atoms with E-state index in [0.29, 0.717) is 27.9 Å². The maximum absolute atomic E-state index is 10.6. The van der Waals surface area contributed by atoms with Crippen molar-refractivity contribution in [1.29, 1.82) is 0 Å². The number of ether oxygens (including phenoxy) is 1. The topological polar surface area (TPSA) is 162 Å². The molecular weight excluding hydrogens is 410 g/mol. The summed E-state index contributed by atoms with van der Waals surface area (Å²) in [6, 6.07) is 1.92. The maximum atomic E-state index is 10.6. The predicted octanol–water partition coefficient (Wildman–Crippen LogP) is -0.125. The van der Waals surface area contributed by atoms with E-state index in [1.165, 1.54) is 24.4 Å². The zero-order valence-electron chi connectivity index (χ0n) is 16.1.